The Bertz CT molecular complexity index is 1310. The first-order valence-electron chi connectivity index (χ1n) is 13.9. The fraction of sp³-hybridized carbons (Fsp3) is 0.552. The van der Waals surface area contributed by atoms with Crippen LogP contribution in [0.25, 0.3) is 0 Å². The molecule has 12 heteroatoms. The van der Waals surface area contributed by atoms with Gasteiger partial charge in [-0.3, -0.25) is 9.69 Å². The van der Waals surface area contributed by atoms with E-state index in [4.69, 9.17) is 18.9 Å². The zero-order valence-corrected chi connectivity index (χ0v) is 24.6. The normalized spacial score (nSPS) is 20.6. The van der Waals surface area contributed by atoms with Crippen LogP contribution in [0, 0.1) is 11.7 Å². The Morgan fingerprint density at radius 1 is 1.10 bits per heavy atom. The first kappa shape index (κ1) is 31.0. The lowest BCUT2D eigenvalue weighted by atomic mass is 9.82. The number of benzene rings is 2. The largest absolute Gasteiger partial charge is 0.494 e. The van der Waals surface area contributed by atoms with E-state index in [2.05, 4.69) is 0 Å². The number of carboxylic acid groups (broad SMARTS) is 1. The Morgan fingerprint density at radius 3 is 2.54 bits per heavy atom. The molecule has 0 unspecified atom stereocenters. The summed E-state index contributed by atoms with van der Waals surface area (Å²) in [5.74, 6) is -1.80. The minimum absolute atomic E-state index is 0.0370. The molecular weight excluding hydrogens is 555 g/mol. The maximum absolute atomic E-state index is 14.9. The Labute approximate surface area is 241 Å². The third kappa shape index (κ3) is 7.11. The highest BCUT2D eigenvalue weighted by molar-refractivity contribution is 7.89. The van der Waals surface area contributed by atoms with Crippen LogP contribution in [0.1, 0.15) is 49.3 Å². The lowest BCUT2D eigenvalue weighted by molar-refractivity contribution is -0.143. The van der Waals surface area contributed by atoms with Crippen molar-refractivity contribution in [2.24, 2.45) is 5.92 Å². The van der Waals surface area contributed by atoms with Gasteiger partial charge in [0.1, 0.15) is 0 Å². The van der Waals surface area contributed by atoms with Gasteiger partial charge in [0.2, 0.25) is 16.8 Å². The molecule has 10 nitrogen and oxygen atoms in total. The van der Waals surface area contributed by atoms with Crippen LogP contribution in [0.15, 0.2) is 36.4 Å². The number of ether oxygens (including phenoxy) is 4. The number of rotatable bonds is 15. The highest BCUT2D eigenvalue weighted by atomic mass is 32.2. The summed E-state index contributed by atoms with van der Waals surface area (Å²) in [4.78, 5) is 14.8. The van der Waals surface area contributed by atoms with E-state index in [-0.39, 0.29) is 44.5 Å². The van der Waals surface area contributed by atoms with Gasteiger partial charge in [0.25, 0.3) is 0 Å². The van der Waals surface area contributed by atoms with Crippen molar-refractivity contribution < 1.29 is 41.7 Å². The lowest BCUT2D eigenvalue weighted by Gasteiger charge is -2.30. The summed E-state index contributed by atoms with van der Waals surface area (Å²) in [5, 5.41) is 10.5. The molecule has 1 N–H and O–H groups in total. The zero-order chi connectivity index (χ0) is 29.6. The topological polar surface area (TPSA) is 115 Å². The van der Waals surface area contributed by atoms with E-state index >= 15 is 0 Å². The Hall–Kier alpha value is -2.93. The number of hydrogen-bond acceptors (Lipinski definition) is 8. The van der Waals surface area contributed by atoms with Crippen molar-refractivity contribution in [3.8, 4) is 17.2 Å². The van der Waals surface area contributed by atoms with E-state index in [1.807, 2.05) is 17.9 Å². The van der Waals surface area contributed by atoms with Crippen molar-refractivity contribution in [2.75, 3.05) is 59.6 Å². The molecule has 1 saturated heterocycles. The number of nitrogens with zero attached hydrogens (tertiary/aromatic N) is 2. The minimum Gasteiger partial charge on any atom is -0.494 e. The summed E-state index contributed by atoms with van der Waals surface area (Å²) < 4.78 is 63.9. The number of aliphatic carboxylic acids is 1. The molecule has 4 rings (SSSR count). The smallest absolute Gasteiger partial charge is 0.309 e. The van der Waals surface area contributed by atoms with E-state index < -0.39 is 39.7 Å². The van der Waals surface area contributed by atoms with Crippen molar-refractivity contribution in [3.63, 3.8) is 0 Å². The van der Waals surface area contributed by atoms with Crippen molar-refractivity contribution in [2.45, 2.75) is 38.1 Å². The predicted octanol–water partition coefficient (Wildman–Crippen LogP) is 3.87. The third-order valence-corrected chi connectivity index (χ3v) is 9.76. The average Bonchev–Trinajstić information content (AvgIpc) is 3.57. The van der Waals surface area contributed by atoms with Crippen molar-refractivity contribution in [1.29, 1.82) is 0 Å². The highest BCUT2D eigenvalue weighted by Crippen LogP contribution is 2.48. The van der Waals surface area contributed by atoms with Gasteiger partial charge in [0, 0.05) is 45.2 Å². The summed E-state index contributed by atoms with van der Waals surface area (Å²) in [7, 11) is -0.671. The molecule has 41 heavy (non-hydrogen) atoms. The van der Waals surface area contributed by atoms with Crippen LogP contribution in [0.2, 0.25) is 0 Å². The monoisotopic (exact) mass is 594 g/mol. The van der Waals surface area contributed by atoms with Gasteiger partial charge in [-0.05, 0) is 41.8 Å². The van der Waals surface area contributed by atoms with E-state index in [1.54, 1.807) is 18.2 Å². The second-order valence-corrected chi connectivity index (χ2v) is 12.4. The van der Waals surface area contributed by atoms with Crippen LogP contribution in [0.5, 0.6) is 17.2 Å². The molecule has 0 radical (unpaired) electrons. The molecule has 0 saturated carbocycles. The number of halogens is 1. The molecule has 1 fully saturated rings. The van der Waals surface area contributed by atoms with Crippen LogP contribution in [0.4, 0.5) is 4.39 Å². The fourth-order valence-corrected chi connectivity index (χ4v) is 7.23. The quantitative estimate of drug-likeness (QED) is 0.307. The molecule has 0 bridgehead atoms. The summed E-state index contributed by atoms with van der Waals surface area (Å²) in [5.41, 5.74) is 1.24. The van der Waals surface area contributed by atoms with E-state index in [0.717, 1.165) is 18.4 Å². The molecule has 2 aromatic carbocycles. The van der Waals surface area contributed by atoms with Crippen LogP contribution in [-0.2, 0) is 19.6 Å². The molecule has 2 aliphatic rings. The number of unbranched alkanes of at least 4 members (excludes halogenated alkanes) is 2. The van der Waals surface area contributed by atoms with E-state index in [9.17, 15) is 22.7 Å². The van der Waals surface area contributed by atoms with Crippen LogP contribution < -0.4 is 14.2 Å². The first-order valence-corrected chi connectivity index (χ1v) is 15.5. The molecule has 0 aromatic heterocycles. The maximum Gasteiger partial charge on any atom is 0.309 e. The minimum atomic E-state index is -3.56. The second kappa shape index (κ2) is 13.8. The Kier molecular flexibility index (Phi) is 10.5. The molecule has 2 aliphatic heterocycles. The Morgan fingerprint density at radius 2 is 1.85 bits per heavy atom. The second-order valence-electron chi connectivity index (χ2n) is 10.3. The number of likely N-dealkylation sites (tertiary alicyclic amines) is 1. The molecule has 0 amide bonds. The van der Waals surface area contributed by atoms with Gasteiger partial charge < -0.3 is 24.1 Å². The van der Waals surface area contributed by atoms with Gasteiger partial charge >= 0.3 is 5.97 Å². The van der Waals surface area contributed by atoms with Crippen molar-refractivity contribution >= 4 is 16.0 Å². The first-order chi connectivity index (χ1) is 19.7. The molecule has 0 spiro atoms. The fourth-order valence-electron chi connectivity index (χ4n) is 5.69. The molecular formula is C29H39FN2O8S. The van der Waals surface area contributed by atoms with Crippen molar-refractivity contribution in [3.05, 3.63) is 53.3 Å². The number of carboxylic acids is 1. The molecule has 226 valence electrons. The number of sulfonamides is 1. The molecule has 0 aliphatic carbocycles. The van der Waals surface area contributed by atoms with Crippen molar-refractivity contribution in [1.82, 2.24) is 9.21 Å². The van der Waals surface area contributed by atoms with E-state index in [1.165, 1.54) is 30.7 Å². The summed E-state index contributed by atoms with van der Waals surface area (Å²) in [6, 6.07) is 9.12. The standard InChI is InChI=1S/C29H39FN2O8S/c1-4-5-6-15-41(35,36)32(13-14-37-2)12-11-31-18-22(20-7-10-25-26(17-20)40-19-39-25)27(29(33)34)28(31)21-8-9-24(38-3)23(30)16-21/h7-10,16-17,22,27-28H,4-6,11-15,18-19H2,1-3H3,(H,33,34)/t22-,27+,28-/m1/s1. The predicted molar refractivity (Wildman–Crippen MR) is 150 cm³/mol. The Balaban J connectivity index is 1.67. The van der Waals surface area contributed by atoms with Gasteiger partial charge in [-0.25, -0.2) is 12.8 Å². The number of fused-ring (bicyclic) bond motifs is 1. The van der Waals surface area contributed by atoms with Crippen LogP contribution >= 0.6 is 0 Å². The van der Waals surface area contributed by atoms with Crippen LogP contribution in [0.3, 0.4) is 0 Å². The number of hydrogen-bond donors (Lipinski definition) is 1. The SMILES string of the molecule is CCCCCS(=O)(=O)N(CCOC)CCN1C[C@H](c2ccc3c(c2)OCO3)[C@H](C(=O)O)[C@H]1c1ccc(OC)c(F)c1. The van der Waals surface area contributed by atoms with Gasteiger partial charge in [-0.1, -0.05) is 31.9 Å². The molecule has 2 heterocycles. The van der Waals surface area contributed by atoms with Gasteiger partial charge in [0.05, 0.1) is 25.4 Å². The third-order valence-electron chi connectivity index (χ3n) is 7.81. The summed E-state index contributed by atoms with van der Waals surface area (Å²) in [6.45, 7) is 3.25. The van der Waals surface area contributed by atoms with Gasteiger partial charge in [0.15, 0.2) is 23.1 Å². The maximum atomic E-state index is 14.9. The van der Waals surface area contributed by atoms with Crippen LogP contribution in [-0.4, -0.2) is 88.3 Å². The van der Waals surface area contributed by atoms with Gasteiger partial charge in [-0.15, -0.1) is 0 Å². The van der Waals surface area contributed by atoms with E-state index in [0.29, 0.717) is 30.0 Å². The zero-order valence-electron chi connectivity index (χ0n) is 23.8. The number of methoxy groups -OCH3 is 2. The van der Waals surface area contributed by atoms with Gasteiger partial charge in [-0.2, -0.15) is 4.31 Å². The summed E-state index contributed by atoms with van der Waals surface area (Å²) >= 11 is 0. The highest BCUT2D eigenvalue weighted by Gasteiger charge is 2.48. The molecule has 3 atom stereocenters. The lowest BCUT2D eigenvalue weighted by Crippen LogP contribution is -2.41. The number of carbonyl (C=O) groups is 1. The average molecular weight is 595 g/mol. The summed E-state index contributed by atoms with van der Waals surface area (Å²) in [6.07, 6.45) is 2.28. The molecule has 2 aromatic rings.